The minimum absolute atomic E-state index is 0.107. The number of Topliss-reactive ketones (excluding diaryl/α,β-unsaturated/α-hetero) is 1. The third-order valence-electron chi connectivity index (χ3n) is 1.75. The Bertz CT molecular complexity index is 312. The summed E-state index contributed by atoms with van der Waals surface area (Å²) in [4.78, 5) is 10.6. The van der Waals surface area contributed by atoms with E-state index in [-0.39, 0.29) is 6.42 Å². The van der Waals surface area contributed by atoms with Crippen molar-refractivity contribution in [3.8, 4) is 0 Å². The van der Waals surface area contributed by atoms with Gasteiger partial charge in [0.15, 0.2) is 12.0 Å². The van der Waals surface area contributed by atoms with Crippen molar-refractivity contribution in [1.29, 1.82) is 0 Å². The van der Waals surface area contributed by atoms with E-state index in [9.17, 15) is 9.18 Å². The van der Waals surface area contributed by atoms with Crippen LogP contribution in [0.2, 0.25) is 5.02 Å². The van der Waals surface area contributed by atoms with Gasteiger partial charge in [-0.15, -0.1) is 0 Å². The van der Waals surface area contributed by atoms with Gasteiger partial charge in [-0.05, 0) is 24.6 Å². The molecule has 1 atom stereocenters. The van der Waals surface area contributed by atoms with Crippen molar-refractivity contribution in [2.75, 3.05) is 0 Å². The van der Waals surface area contributed by atoms with Crippen LogP contribution in [0.25, 0.3) is 0 Å². The Morgan fingerprint density at radius 3 is 2.85 bits per heavy atom. The third-order valence-corrected chi connectivity index (χ3v) is 1.98. The number of carbonyl (C=O) groups is 1. The fourth-order valence-corrected chi connectivity index (χ4v) is 1.23. The van der Waals surface area contributed by atoms with Crippen molar-refractivity contribution in [3.63, 3.8) is 0 Å². The van der Waals surface area contributed by atoms with Crippen molar-refractivity contribution in [2.24, 2.45) is 0 Å². The molecule has 0 amide bonds. The topological polar surface area (TPSA) is 17.1 Å². The summed E-state index contributed by atoms with van der Waals surface area (Å²) in [5.41, 5.74) is 0.746. The molecule has 0 bridgehead atoms. The summed E-state index contributed by atoms with van der Waals surface area (Å²) in [5.74, 6) is -0.444. The molecule has 1 aromatic rings. The fraction of sp³-hybridized carbons (Fsp3) is 0.300. The Kier molecular flexibility index (Phi) is 3.43. The van der Waals surface area contributed by atoms with E-state index in [0.29, 0.717) is 5.02 Å². The number of carbonyl (C=O) groups excluding carboxylic acids is 1. The molecule has 0 saturated carbocycles. The van der Waals surface area contributed by atoms with Crippen LogP contribution in [0, 0.1) is 0 Å². The van der Waals surface area contributed by atoms with E-state index in [0.717, 1.165) is 5.56 Å². The molecule has 0 fully saturated rings. The smallest absolute Gasteiger partial charge is 0.164 e. The van der Waals surface area contributed by atoms with Crippen molar-refractivity contribution >= 4 is 17.4 Å². The minimum Gasteiger partial charge on any atom is -0.297 e. The van der Waals surface area contributed by atoms with Gasteiger partial charge in [-0.1, -0.05) is 23.7 Å². The van der Waals surface area contributed by atoms with E-state index in [1.165, 1.54) is 6.92 Å². The van der Waals surface area contributed by atoms with Crippen LogP contribution in [0.4, 0.5) is 4.39 Å². The molecular formula is C10H10ClFO. The molecule has 1 unspecified atom stereocenters. The predicted molar refractivity (Wildman–Crippen MR) is 50.7 cm³/mol. The van der Waals surface area contributed by atoms with Gasteiger partial charge in [0.2, 0.25) is 0 Å². The molecule has 1 aromatic carbocycles. The largest absolute Gasteiger partial charge is 0.297 e. The second kappa shape index (κ2) is 4.38. The fourth-order valence-electron chi connectivity index (χ4n) is 1.01. The van der Waals surface area contributed by atoms with Gasteiger partial charge in [-0.2, -0.15) is 0 Å². The molecule has 0 aliphatic heterocycles. The lowest BCUT2D eigenvalue weighted by Gasteiger charge is -2.04. The SMILES string of the molecule is CC(=O)C(F)Cc1cccc(Cl)c1. The van der Waals surface area contributed by atoms with Gasteiger partial charge in [0.1, 0.15) is 0 Å². The maximum atomic E-state index is 13.0. The zero-order valence-electron chi connectivity index (χ0n) is 7.26. The average Bonchev–Trinajstić information content (AvgIpc) is 2.04. The quantitative estimate of drug-likeness (QED) is 0.734. The maximum absolute atomic E-state index is 13.0. The molecule has 1 rings (SSSR count). The van der Waals surface area contributed by atoms with E-state index in [4.69, 9.17) is 11.6 Å². The van der Waals surface area contributed by atoms with E-state index < -0.39 is 12.0 Å². The van der Waals surface area contributed by atoms with Crippen LogP contribution >= 0.6 is 11.6 Å². The van der Waals surface area contributed by atoms with E-state index >= 15 is 0 Å². The van der Waals surface area contributed by atoms with Gasteiger partial charge in [-0.25, -0.2) is 4.39 Å². The van der Waals surface area contributed by atoms with Crippen LogP contribution in [0.5, 0.6) is 0 Å². The van der Waals surface area contributed by atoms with Crippen molar-refractivity contribution in [2.45, 2.75) is 19.5 Å². The summed E-state index contributed by atoms with van der Waals surface area (Å²) in [6.45, 7) is 1.25. The van der Waals surface area contributed by atoms with E-state index in [2.05, 4.69) is 0 Å². The highest BCUT2D eigenvalue weighted by molar-refractivity contribution is 6.30. The second-order valence-corrected chi connectivity index (χ2v) is 3.35. The van der Waals surface area contributed by atoms with Crippen LogP contribution < -0.4 is 0 Å². The summed E-state index contributed by atoms with van der Waals surface area (Å²) in [5, 5.41) is 0.563. The Labute approximate surface area is 81.5 Å². The van der Waals surface area contributed by atoms with Crippen LogP contribution in [-0.4, -0.2) is 12.0 Å². The highest BCUT2D eigenvalue weighted by atomic mass is 35.5. The molecule has 0 aliphatic carbocycles. The Morgan fingerprint density at radius 1 is 1.62 bits per heavy atom. The first-order valence-corrected chi connectivity index (χ1v) is 4.36. The van der Waals surface area contributed by atoms with Crippen LogP contribution in [0.1, 0.15) is 12.5 Å². The summed E-state index contributed by atoms with van der Waals surface area (Å²) in [7, 11) is 0. The number of benzene rings is 1. The summed E-state index contributed by atoms with van der Waals surface area (Å²) in [6.07, 6.45) is -1.31. The molecule has 0 aliphatic rings. The van der Waals surface area contributed by atoms with Crippen LogP contribution in [0.15, 0.2) is 24.3 Å². The van der Waals surface area contributed by atoms with Gasteiger partial charge >= 0.3 is 0 Å². The van der Waals surface area contributed by atoms with Gasteiger partial charge < -0.3 is 0 Å². The van der Waals surface area contributed by atoms with Gasteiger partial charge in [-0.3, -0.25) is 4.79 Å². The van der Waals surface area contributed by atoms with E-state index in [1.54, 1.807) is 24.3 Å². The Balaban J connectivity index is 2.69. The van der Waals surface area contributed by atoms with Gasteiger partial charge in [0.25, 0.3) is 0 Å². The lowest BCUT2D eigenvalue weighted by atomic mass is 10.1. The zero-order valence-corrected chi connectivity index (χ0v) is 8.01. The normalized spacial score (nSPS) is 12.5. The minimum atomic E-state index is -1.42. The molecule has 0 radical (unpaired) electrons. The first kappa shape index (κ1) is 10.2. The number of alkyl halides is 1. The molecule has 0 aromatic heterocycles. The number of halogens is 2. The molecule has 70 valence electrons. The number of hydrogen-bond acceptors (Lipinski definition) is 1. The molecule has 0 N–H and O–H groups in total. The van der Waals surface area contributed by atoms with Crippen LogP contribution in [0.3, 0.4) is 0 Å². The molecule has 0 spiro atoms. The van der Waals surface area contributed by atoms with Gasteiger partial charge in [0.05, 0.1) is 0 Å². The highest BCUT2D eigenvalue weighted by Gasteiger charge is 2.12. The second-order valence-electron chi connectivity index (χ2n) is 2.91. The maximum Gasteiger partial charge on any atom is 0.164 e. The lowest BCUT2D eigenvalue weighted by Crippen LogP contribution is -2.14. The molecule has 13 heavy (non-hydrogen) atoms. The van der Waals surface area contributed by atoms with Gasteiger partial charge in [0, 0.05) is 11.4 Å². The highest BCUT2D eigenvalue weighted by Crippen LogP contribution is 2.13. The lowest BCUT2D eigenvalue weighted by molar-refractivity contribution is -0.121. The zero-order chi connectivity index (χ0) is 9.84. The molecule has 1 nitrogen and oxygen atoms in total. The van der Waals surface area contributed by atoms with Crippen LogP contribution in [-0.2, 0) is 11.2 Å². The van der Waals surface area contributed by atoms with E-state index in [1.807, 2.05) is 0 Å². The summed E-state index contributed by atoms with van der Waals surface area (Å²) >= 11 is 5.70. The first-order chi connectivity index (χ1) is 6.09. The number of hydrogen-bond donors (Lipinski definition) is 0. The Morgan fingerprint density at radius 2 is 2.31 bits per heavy atom. The average molecular weight is 201 g/mol. The third kappa shape index (κ3) is 3.15. The molecule has 0 saturated heterocycles. The van der Waals surface area contributed by atoms with Crippen molar-refractivity contribution < 1.29 is 9.18 Å². The summed E-state index contributed by atoms with van der Waals surface area (Å²) in [6, 6.07) is 6.87. The molecular weight excluding hydrogens is 191 g/mol. The van der Waals surface area contributed by atoms with Crippen molar-refractivity contribution in [3.05, 3.63) is 34.9 Å². The number of rotatable bonds is 3. The monoisotopic (exact) mass is 200 g/mol. The summed E-state index contributed by atoms with van der Waals surface area (Å²) < 4.78 is 13.0. The van der Waals surface area contributed by atoms with Crippen molar-refractivity contribution in [1.82, 2.24) is 0 Å². The molecule has 3 heteroatoms. The standard InChI is InChI=1S/C10H10ClFO/c1-7(13)10(12)6-8-3-2-4-9(11)5-8/h2-5,10H,6H2,1H3. The number of ketones is 1. The predicted octanol–water partition coefficient (Wildman–Crippen LogP) is 2.81. The Hall–Kier alpha value is -0.890. The molecule has 0 heterocycles. The first-order valence-electron chi connectivity index (χ1n) is 3.98.